The number of aliphatic imine (C=N–C) groups is 1. The van der Waals surface area contributed by atoms with Crippen molar-refractivity contribution in [1.82, 2.24) is 15.5 Å². The van der Waals surface area contributed by atoms with Crippen molar-refractivity contribution in [3.05, 3.63) is 34.9 Å². The summed E-state index contributed by atoms with van der Waals surface area (Å²) >= 11 is 5.84. The largest absolute Gasteiger partial charge is 0.375 e. The monoisotopic (exact) mass is 522 g/mol. The van der Waals surface area contributed by atoms with E-state index in [0.29, 0.717) is 30.3 Å². The Morgan fingerprint density at radius 1 is 1.18 bits per heavy atom. The maximum Gasteiger partial charge on any atom is 0.251 e. The summed E-state index contributed by atoms with van der Waals surface area (Å²) < 4.78 is 11.6. The van der Waals surface area contributed by atoms with Gasteiger partial charge >= 0.3 is 0 Å². The fourth-order valence-corrected chi connectivity index (χ4v) is 3.50. The number of carbonyl (C=O) groups excluding carboxylic acids is 1. The number of hydrogen-bond acceptors (Lipinski definition) is 4. The molecule has 0 aromatic heterocycles. The topological polar surface area (TPSA) is 75.2 Å². The minimum absolute atomic E-state index is 0. The van der Waals surface area contributed by atoms with Crippen molar-refractivity contribution in [3.63, 3.8) is 0 Å². The van der Waals surface area contributed by atoms with Crippen LogP contribution in [0.3, 0.4) is 0 Å². The predicted octanol–water partition coefficient (Wildman–Crippen LogP) is 2.14. The molecule has 2 aliphatic heterocycles. The zero-order chi connectivity index (χ0) is 19.1. The van der Waals surface area contributed by atoms with E-state index >= 15 is 0 Å². The van der Waals surface area contributed by atoms with Gasteiger partial charge in [-0.2, -0.15) is 0 Å². The van der Waals surface area contributed by atoms with Crippen LogP contribution in [-0.4, -0.2) is 75.4 Å². The molecule has 0 aliphatic carbocycles. The van der Waals surface area contributed by atoms with Crippen LogP contribution in [0, 0.1) is 0 Å². The molecule has 0 saturated carbocycles. The standard InChI is InChI=1S/C19H27ClN4O3.HI/c1-21-19(24-10-12-27-17(13-24)16-3-2-11-26-16)23-9-8-22-18(25)14-4-6-15(20)7-5-14;/h4-7,16-17H,2-3,8-13H2,1H3,(H,21,23)(H,22,25);1H. The van der Waals surface area contributed by atoms with Crippen LogP contribution >= 0.6 is 35.6 Å². The molecule has 1 aromatic carbocycles. The van der Waals surface area contributed by atoms with Gasteiger partial charge < -0.3 is 25.0 Å². The zero-order valence-electron chi connectivity index (χ0n) is 16.0. The van der Waals surface area contributed by atoms with E-state index in [9.17, 15) is 4.79 Å². The fraction of sp³-hybridized carbons (Fsp3) is 0.579. The number of hydrogen-bond donors (Lipinski definition) is 2. The first-order valence-corrected chi connectivity index (χ1v) is 9.78. The summed E-state index contributed by atoms with van der Waals surface area (Å²) in [6.45, 7) is 4.14. The maximum atomic E-state index is 12.1. The second kappa shape index (κ2) is 11.8. The molecule has 2 atom stereocenters. The van der Waals surface area contributed by atoms with Gasteiger partial charge in [-0.3, -0.25) is 9.79 Å². The summed E-state index contributed by atoms with van der Waals surface area (Å²) in [5, 5.41) is 6.82. The van der Waals surface area contributed by atoms with Crippen molar-refractivity contribution in [2.45, 2.75) is 25.0 Å². The normalized spacial score (nSPS) is 22.5. The highest BCUT2D eigenvalue weighted by atomic mass is 127. The van der Waals surface area contributed by atoms with E-state index in [0.717, 1.165) is 38.5 Å². The highest BCUT2D eigenvalue weighted by Gasteiger charge is 2.32. The van der Waals surface area contributed by atoms with E-state index < -0.39 is 0 Å². The summed E-state index contributed by atoms with van der Waals surface area (Å²) in [5.41, 5.74) is 0.594. The first kappa shape index (κ1) is 23.2. The van der Waals surface area contributed by atoms with Gasteiger partial charge in [0.15, 0.2) is 5.96 Å². The number of amides is 1. The van der Waals surface area contributed by atoms with Crippen LogP contribution in [0.2, 0.25) is 5.02 Å². The van der Waals surface area contributed by atoms with Crippen LogP contribution in [0.15, 0.2) is 29.3 Å². The molecule has 2 N–H and O–H groups in total. The molecule has 7 nitrogen and oxygen atoms in total. The van der Waals surface area contributed by atoms with E-state index in [1.54, 1.807) is 31.3 Å². The Morgan fingerprint density at radius 2 is 1.89 bits per heavy atom. The van der Waals surface area contributed by atoms with Crippen molar-refractivity contribution < 1.29 is 14.3 Å². The van der Waals surface area contributed by atoms with Gasteiger partial charge in [0.2, 0.25) is 0 Å². The number of halogens is 2. The predicted molar refractivity (Wildman–Crippen MR) is 121 cm³/mol. The first-order valence-electron chi connectivity index (χ1n) is 9.40. The van der Waals surface area contributed by atoms with Gasteiger partial charge in [-0.15, -0.1) is 24.0 Å². The zero-order valence-corrected chi connectivity index (χ0v) is 19.1. The Kier molecular flexibility index (Phi) is 9.76. The Hall–Kier alpha value is -1.10. The van der Waals surface area contributed by atoms with Gasteiger partial charge in [0.25, 0.3) is 5.91 Å². The summed E-state index contributed by atoms with van der Waals surface area (Å²) in [4.78, 5) is 18.7. The Balaban J connectivity index is 0.00000280. The van der Waals surface area contributed by atoms with E-state index in [-0.39, 0.29) is 42.1 Å². The highest BCUT2D eigenvalue weighted by molar-refractivity contribution is 14.0. The number of rotatable bonds is 5. The second-order valence-corrected chi connectivity index (χ2v) is 7.08. The molecular formula is C19H28ClIN4O3. The number of benzene rings is 1. The lowest BCUT2D eigenvalue weighted by molar-refractivity contribution is -0.0816. The average molecular weight is 523 g/mol. The second-order valence-electron chi connectivity index (χ2n) is 6.64. The molecule has 2 fully saturated rings. The molecule has 3 rings (SSSR count). The molecule has 0 radical (unpaired) electrons. The molecule has 0 spiro atoms. The van der Waals surface area contributed by atoms with E-state index in [1.165, 1.54) is 0 Å². The molecule has 1 aromatic rings. The van der Waals surface area contributed by atoms with Gasteiger partial charge in [0.1, 0.15) is 6.10 Å². The van der Waals surface area contributed by atoms with Crippen molar-refractivity contribution in [1.29, 1.82) is 0 Å². The molecular weight excluding hydrogens is 495 g/mol. The lowest BCUT2D eigenvalue weighted by atomic mass is 10.1. The van der Waals surface area contributed by atoms with Crippen molar-refractivity contribution in [2.24, 2.45) is 4.99 Å². The average Bonchev–Trinajstić information content (AvgIpc) is 3.23. The molecule has 156 valence electrons. The highest BCUT2D eigenvalue weighted by Crippen LogP contribution is 2.21. The lowest BCUT2D eigenvalue weighted by Crippen LogP contribution is -2.54. The lowest BCUT2D eigenvalue weighted by Gasteiger charge is -2.37. The number of carbonyl (C=O) groups is 1. The smallest absolute Gasteiger partial charge is 0.251 e. The molecule has 2 unspecified atom stereocenters. The van der Waals surface area contributed by atoms with Gasteiger partial charge in [0, 0.05) is 50.4 Å². The first-order chi connectivity index (χ1) is 13.2. The van der Waals surface area contributed by atoms with Gasteiger partial charge in [0.05, 0.1) is 12.7 Å². The van der Waals surface area contributed by atoms with Crippen LogP contribution in [0.1, 0.15) is 23.2 Å². The summed E-state index contributed by atoms with van der Waals surface area (Å²) in [6.07, 6.45) is 2.43. The fourth-order valence-electron chi connectivity index (χ4n) is 3.37. The van der Waals surface area contributed by atoms with Crippen molar-refractivity contribution in [2.75, 3.05) is 46.4 Å². The number of ether oxygens (including phenoxy) is 2. The van der Waals surface area contributed by atoms with Gasteiger partial charge in [-0.25, -0.2) is 0 Å². The minimum atomic E-state index is -0.117. The third-order valence-corrected chi connectivity index (χ3v) is 5.04. The molecule has 2 aliphatic rings. The SMILES string of the molecule is CN=C(NCCNC(=O)c1ccc(Cl)cc1)N1CCOC(C2CCCO2)C1.I. The van der Waals surface area contributed by atoms with Crippen LogP contribution < -0.4 is 10.6 Å². The molecule has 9 heteroatoms. The molecule has 2 saturated heterocycles. The quantitative estimate of drug-likeness (QED) is 0.268. The number of nitrogens with zero attached hydrogens (tertiary/aromatic N) is 2. The minimum Gasteiger partial charge on any atom is -0.375 e. The van der Waals surface area contributed by atoms with E-state index in [2.05, 4.69) is 20.5 Å². The van der Waals surface area contributed by atoms with Crippen LogP contribution in [0.4, 0.5) is 0 Å². The third-order valence-electron chi connectivity index (χ3n) is 4.78. The molecule has 2 heterocycles. The number of morpholine rings is 1. The Morgan fingerprint density at radius 3 is 2.57 bits per heavy atom. The third kappa shape index (κ3) is 6.47. The van der Waals surface area contributed by atoms with Crippen molar-refractivity contribution in [3.8, 4) is 0 Å². The number of nitrogens with one attached hydrogen (secondary N) is 2. The summed E-state index contributed by atoms with van der Waals surface area (Å²) in [7, 11) is 1.77. The van der Waals surface area contributed by atoms with Crippen LogP contribution in [0.25, 0.3) is 0 Å². The van der Waals surface area contributed by atoms with Crippen molar-refractivity contribution >= 4 is 47.4 Å². The Labute approximate surface area is 188 Å². The van der Waals surface area contributed by atoms with Crippen LogP contribution in [0.5, 0.6) is 0 Å². The summed E-state index contributed by atoms with van der Waals surface area (Å²) in [6, 6.07) is 6.84. The van der Waals surface area contributed by atoms with E-state index in [4.69, 9.17) is 21.1 Å². The summed E-state index contributed by atoms with van der Waals surface area (Å²) in [5.74, 6) is 0.704. The number of guanidine groups is 1. The van der Waals surface area contributed by atoms with Gasteiger partial charge in [-0.1, -0.05) is 11.6 Å². The van der Waals surface area contributed by atoms with E-state index in [1.807, 2.05) is 0 Å². The molecule has 28 heavy (non-hydrogen) atoms. The Bertz CT molecular complexity index is 653. The van der Waals surface area contributed by atoms with Crippen LogP contribution in [-0.2, 0) is 9.47 Å². The maximum absolute atomic E-state index is 12.1. The molecule has 1 amide bonds. The van der Waals surface area contributed by atoms with Gasteiger partial charge in [-0.05, 0) is 37.1 Å². The molecule has 0 bridgehead atoms.